The van der Waals surface area contributed by atoms with Crippen LogP contribution in [0.15, 0.2) is 0 Å². The van der Waals surface area contributed by atoms with Gasteiger partial charge in [-0.05, 0) is 30.6 Å². The van der Waals surface area contributed by atoms with Crippen LogP contribution in [0.5, 0.6) is 0 Å². The van der Waals surface area contributed by atoms with Crippen molar-refractivity contribution < 1.29 is 24.9 Å². The second-order valence-electron chi connectivity index (χ2n) is 8.02. The molecule has 0 aromatic heterocycles. The summed E-state index contributed by atoms with van der Waals surface area (Å²) < 4.78 is 5.91. The van der Waals surface area contributed by atoms with E-state index in [9.17, 15) is 15.0 Å². The molecule has 2 fully saturated rings. The molecule has 25 heavy (non-hydrogen) atoms. The molecule has 1 amide bonds. The van der Waals surface area contributed by atoms with Crippen LogP contribution in [-0.2, 0) is 9.53 Å². The summed E-state index contributed by atoms with van der Waals surface area (Å²) in [6, 6.07) is -1.04. The van der Waals surface area contributed by atoms with Crippen LogP contribution in [0.4, 0.5) is 0 Å². The molecule has 1 saturated carbocycles. The Labute approximate surface area is 150 Å². The molecule has 0 aromatic carbocycles. The molecule has 7 atom stereocenters. The standard InChI is InChI=1S/C18H34N2O5/c1-10(2)12-5-4-11(3)6-15(12)25-9-16(22)19-7-13-17(23)18(24)14(8-21)20-13/h10-15,17-18,20-21,23-24H,4-9H2,1-3H3,(H,19,22)/t11-,12+,13+,14-,15-,17-,18+/m1/s1. The highest BCUT2D eigenvalue weighted by Crippen LogP contribution is 2.35. The molecule has 0 aromatic rings. The van der Waals surface area contributed by atoms with E-state index in [1.165, 1.54) is 6.42 Å². The lowest BCUT2D eigenvalue weighted by Crippen LogP contribution is -2.45. The molecule has 1 aliphatic carbocycles. The first kappa shape index (κ1) is 20.6. The van der Waals surface area contributed by atoms with Crippen LogP contribution in [0.2, 0.25) is 0 Å². The number of aliphatic hydroxyl groups is 3. The predicted molar refractivity (Wildman–Crippen MR) is 93.9 cm³/mol. The lowest BCUT2D eigenvalue weighted by molar-refractivity contribution is -0.131. The lowest BCUT2D eigenvalue weighted by Gasteiger charge is -2.37. The van der Waals surface area contributed by atoms with Crippen molar-refractivity contribution in [2.45, 2.75) is 70.4 Å². The molecule has 146 valence electrons. The normalized spacial score (nSPS) is 38.9. The number of hydrogen-bond donors (Lipinski definition) is 5. The summed E-state index contributed by atoms with van der Waals surface area (Å²) in [7, 11) is 0. The third-order valence-electron chi connectivity index (χ3n) is 5.71. The zero-order valence-corrected chi connectivity index (χ0v) is 15.5. The Morgan fingerprint density at radius 1 is 1.24 bits per heavy atom. The van der Waals surface area contributed by atoms with E-state index in [2.05, 4.69) is 31.4 Å². The number of nitrogens with one attached hydrogen (secondary N) is 2. The largest absolute Gasteiger partial charge is 0.395 e. The van der Waals surface area contributed by atoms with Crippen molar-refractivity contribution in [3.05, 3.63) is 0 Å². The second-order valence-corrected chi connectivity index (χ2v) is 8.02. The number of hydrogen-bond acceptors (Lipinski definition) is 6. The van der Waals surface area contributed by atoms with Gasteiger partial charge in [0.1, 0.15) is 6.61 Å². The van der Waals surface area contributed by atoms with Crippen LogP contribution in [0.1, 0.15) is 40.0 Å². The molecule has 0 radical (unpaired) electrons. The minimum absolute atomic E-state index is 0.00933. The van der Waals surface area contributed by atoms with E-state index in [0.717, 1.165) is 12.8 Å². The second kappa shape index (κ2) is 9.28. The average molecular weight is 358 g/mol. The highest BCUT2D eigenvalue weighted by atomic mass is 16.5. The van der Waals surface area contributed by atoms with Gasteiger partial charge in [-0.2, -0.15) is 0 Å². The molecule has 7 heteroatoms. The molecule has 5 N–H and O–H groups in total. The minimum atomic E-state index is -1.03. The summed E-state index contributed by atoms with van der Waals surface area (Å²) >= 11 is 0. The van der Waals surface area contributed by atoms with Gasteiger partial charge in [0.15, 0.2) is 0 Å². The van der Waals surface area contributed by atoms with Crippen molar-refractivity contribution in [2.75, 3.05) is 19.8 Å². The van der Waals surface area contributed by atoms with Crippen LogP contribution in [-0.4, -0.2) is 71.4 Å². The summed E-state index contributed by atoms with van der Waals surface area (Å²) in [6.45, 7) is 6.56. The molecule has 2 rings (SSSR count). The quantitative estimate of drug-likeness (QED) is 0.425. The van der Waals surface area contributed by atoms with Crippen molar-refractivity contribution in [1.82, 2.24) is 10.6 Å². The van der Waals surface area contributed by atoms with E-state index < -0.39 is 24.3 Å². The highest BCUT2D eigenvalue weighted by molar-refractivity contribution is 5.77. The molecule has 7 nitrogen and oxygen atoms in total. The molecule has 0 unspecified atom stereocenters. The number of rotatable bonds is 7. The first-order valence-corrected chi connectivity index (χ1v) is 9.44. The summed E-state index contributed by atoms with van der Waals surface area (Å²) in [4.78, 5) is 12.1. The maximum absolute atomic E-state index is 12.1. The fourth-order valence-electron chi connectivity index (χ4n) is 4.05. The molecule has 2 aliphatic rings. The van der Waals surface area contributed by atoms with E-state index in [1.807, 2.05) is 0 Å². The summed E-state index contributed by atoms with van der Waals surface area (Å²) in [5.74, 6) is 1.42. The average Bonchev–Trinajstić information content (AvgIpc) is 2.85. The maximum atomic E-state index is 12.1. The maximum Gasteiger partial charge on any atom is 0.246 e. The van der Waals surface area contributed by atoms with Gasteiger partial charge in [0.2, 0.25) is 5.91 Å². The van der Waals surface area contributed by atoms with E-state index >= 15 is 0 Å². The number of aliphatic hydroxyl groups excluding tert-OH is 3. The molecule has 0 spiro atoms. The number of ether oxygens (including phenoxy) is 1. The zero-order chi connectivity index (χ0) is 18.6. The van der Waals surface area contributed by atoms with Crippen molar-refractivity contribution >= 4 is 5.91 Å². The van der Waals surface area contributed by atoms with Gasteiger partial charge < -0.3 is 30.7 Å². The van der Waals surface area contributed by atoms with Gasteiger partial charge >= 0.3 is 0 Å². The fourth-order valence-corrected chi connectivity index (χ4v) is 4.05. The van der Waals surface area contributed by atoms with Gasteiger partial charge in [-0.1, -0.05) is 27.2 Å². The Bertz CT molecular complexity index is 434. The van der Waals surface area contributed by atoms with E-state index in [-0.39, 0.29) is 31.8 Å². The smallest absolute Gasteiger partial charge is 0.246 e. The van der Waals surface area contributed by atoms with E-state index in [0.29, 0.717) is 17.8 Å². The zero-order valence-electron chi connectivity index (χ0n) is 15.5. The third kappa shape index (κ3) is 5.37. The Morgan fingerprint density at radius 3 is 2.52 bits per heavy atom. The molecule has 1 aliphatic heterocycles. The van der Waals surface area contributed by atoms with Crippen molar-refractivity contribution in [2.24, 2.45) is 17.8 Å². The topological polar surface area (TPSA) is 111 Å². The number of amides is 1. The Hall–Kier alpha value is -0.730. The Kier molecular flexibility index (Phi) is 7.64. The van der Waals surface area contributed by atoms with E-state index in [4.69, 9.17) is 9.84 Å². The molecular weight excluding hydrogens is 324 g/mol. The number of carbonyl (C=O) groups excluding carboxylic acids is 1. The van der Waals surface area contributed by atoms with E-state index in [1.54, 1.807) is 0 Å². The van der Waals surface area contributed by atoms with Crippen LogP contribution in [0.25, 0.3) is 0 Å². The molecule has 1 heterocycles. The van der Waals surface area contributed by atoms with Crippen molar-refractivity contribution in [3.63, 3.8) is 0 Å². The molecule has 0 bridgehead atoms. The van der Waals surface area contributed by atoms with Gasteiger partial charge in [0, 0.05) is 6.54 Å². The summed E-state index contributed by atoms with van der Waals surface area (Å²) in [5.41, 5.74) is 0. The van der Waals surface area contributed by atoms with Crippen molar-refractivity contribution in [1.29, 1.82) is 0 Å². The summed E-state index contributed by atoms with van der Waals surface area (Å²) in [5, 5.41) is 34.5. The first-order chi connectivity index (χ1) is 11.8. The Morgan fingerprint density at radius 2 is 1.92 bits per heavy atom. The Balaban J connectivity index is 1.75. The fraction of sp³-hybridized carbons (Fsp3) is 0.944. The molecule has 1 saturated heterocycles. The molecular formula is C18H34N2O5. The first-order valence-electron chi connectivity index (χ1n) is 9.44. The number of carbonyl (C=O) groups is 1. The van der Waals surface area contributed by atoms with Crippen LogP contribution < -0.4 is 10.6 Å². The monoisotopic (exact) mass is 358 g/mol. The third-order valence-corrected chi connectivity index (χ3v) is 5.71. The van der Waals surface area contributed by atoms with Crippen LogP contribution in [0, 0.1) is 17.8 Å². The minimum Gasteiger partial charge on any atom is -0.395 e. The summed E-state index contributed by atoms with van der Waals surface area (Å²) in [6.07, 6.45) is 1.42. The highest BCUT2D eigenvalue weighted by Gasteiger charge is 2.40. The van der Waals surface area contributed by atoms with Gasteiger partial charge in [0.05, 0.1) is 37.0 Å². The van der Waals surface area contributed by atoms with Crippen molar-refractivity contribution in [3.8, 4) is 0 Å². The van der Waals surface area contributed by atoms with Gasteiger partial charge in [-0.25, -0.2) is 0 Å². The predicted octanol–water partition coefficient (Wildman–Crippen LogP) is -0.365. The SMILES string of the molecule is CC(C)[C@@H]1CC[C@@H](C)C[C@H]1OCC(=O)NC[C@@H]1N[C@H](CO)[C@H](O)[C@@H]1O. The lowest BCUT2D eigenvalue weighted by atomic mass is 9.75. The van der Waals surface area contributed by atoms with Gasteiger partial charge in [0.25, 0.3) is 0 Å². The van der Waals surface area contributed by atoms with Gasteiger partial charge in [-0.15, -0.1) is 0 Å². The van der Waals surface area contributed by atoms with Gasteiger partial charge in [-0.3, -0.25) is 4.79 Å². The van der Waals surface area contributed by atoms with Crippen LogP contribution >= 0.6 is 0 Å². The van der Waals surface area contributed by atoms with Crippen LogP contribution in [0.3, 0.4) is 0 Å².